The van der Waals surface area contributed by atoms with Crippen LogP contribution in [0.5, 0.6) is 0 Å². The molecule has 2 aromatic carbocycles. The van der Waals surface area contributed by atoms with Crippen LogP contribution in [0.1, 0.15) is 5.56 Å². The van der Waals surface area contributed by atoms with E-state index >= 15 is 0 Å². The Kier molecular flexibility index (Phi) is 3.86. The number of aromatic amines is 2. The van der Waals surface area contributed by atoms with Crippen molar-refractivity contribution in [1.82, 2.24) is 30.8 Å². The lowest BCUT2D eigenvalue weighted by Crippen LogP contribution is -2.35. The molecule has 29 heavy (non-hydrogen) atoms. The highest BCUT2D eigenvalue weighted by molar-refractivity contribution is 5.85. The van der Waals surface area contributed by atoms with Gasteiger partial charge in [-0.3, -0.25) is 5.10 Å². The molecule has 7 nitrogen and oxygen atoms in total. The van der Waals surface area contributed by atoms with E-state index in [2.05, 4.69) is 30.8 Å². The van der Waals surface area contributed by atoms with Crippen molar-refractivity contribution in [2.45, 2.75) is 12.7 Å². The van der Waals surface area contributed by atoms with Crippen molar-refractivity contribution in [2.24, 2.45) is 0 Å². The van der Waals surface area contributed by atoms with E-state index in [-0.39, 0.29) is 6.54 Å². The largest absolute Gasteiger partial charge is 0.405 e. The molecule has 0 saturated heterocycles. The number of nitrogens with zero attached hydrogens (tertiary/aromatic N) is 5. The fourth-order valence-corrected chi connectivity index (χ4v) is 3.59. The molecule has 0 amide bonds. The van der Waals surface area contributed by atoms with Crippen molar-refractivity contribution in [3.05, 3.63) is 54.2 Å². The average Bonchev–Trinajstić information content (AvgIpc) is 3.39. The van der Waals surface area contributed by atoms with Crippen LogP contribution in [0.3, 0.4) is 0 Å². The summed E-state index contributed by atoms with van der Waals surface area (Å²) in [6.07, 6.45) is -2.73. The Hall–Kier alpha value is -3.69. The number of alkyl halides is 3. The van der Waals surface area contributed by atoms with Crippen molar-refractivity contribution in [1.29, 1.82) is 0 Å². The third-order valence-electron chi connectivity index (χ3n) is 4.88. The molecular formula is C19H14F3N7. The summed E-state index contributed by atoms with van der Waals surface area (Å²) in [6, 6.07) is 13.0. The van der Waals surface area contributed by atoms with Crippen LogP contribution in [-0.2, 0) is 6.54 Å². The lowest BCUT2D eigenvalue weighted by atomic mass is 9.95. The minimum atomic E-state index is -4.30. The summed E-state index contributed by atoms with van der Waals surface area (Å²) >= 11 is 0. The molecule has 0 radical (unpaired) electrons. The lowest BCUT2D eigenvalue weighted by molar-refractivity contribution is -0.119. The van der Waals surface area contributed by atoms with Gasteiger partial charge in [-0.1, -0.05) is 36.4 Å². The van der Waals surface area contributed by atoms with Crippen LogP contribution >= 0.6 is 0 Å². The van der Waals surface area contributed by atoms with Crippen LogP contribution in [0.25, 0.3) is 33.8 Å². The summed E-state index contributed by atoms with van der Waals surface area (Å²) in [7, 11) is 0. The van der Waals surface area contributed by atoms with Crippen LogP contribution in [0.15, 0.2) is 48.7 Å². The molecular weight excluding hydrogens is 383 g/mol. The number of hydrogen-bond acceptors (Lipinski definition) is 5. The van der Waals surface area contributed by atoms with Crippen molar-refractivity contribution >= 4 is 5.69 Å². The normalized spacial score (nSPS) is 13.3. The van der Waals surface area contributed by atoms with Gasteiger partial charge in [0.1, 0.15) is 6.54 Å². The number of H-pyrrole nitrogens is 2. The maximum absolute atomic E-state index is 13.2. The van der Waals surface area contributed by atoms with Crippen molar-refractivity contribution in [2.75, 3.05) is 11.4 Å². The van der Waals surface area contributed by atoms with E-state index in [0.717, 1.165) is 27.9 Å². The number of nitrogens with one attached hydrogen (secondary N) is 2. The predicted octanol–water partition coefficient (Wildman–Crippen LogP) is 3.81. The Labute approximate surface area is 162 Å². The number of aromatic nitrogens is 6. The van der Waals surface area contributed by atoms with Crippen molar-refractivity contribution in [3.63, 3.8) is 0 Å². The van der Waals surface area contributed by atoms with Gasteiger partial charge in [-0.25, -0.2) is 0 Å². The second-order valence-electron chi connectivity index (χ2n) is 6.79. The highest BCUT2D eigenvalue weighted by Crippen LogP contribution is 2.41. The fraction of sp³-hybridized carbons (Fsp3) is 0.158. The van der Waals surface area contributed by atoms with E-state index in [1.807, 2.05) is 36.4 Å². The summed E-state index contributed by atoms with van der Waals surface area (Å²) in [5.74, 6) is 0.477. The zero-order valence-electron chi connectivity index (χ0n) is 14.9. The number of fused-ring (bicyclic) bond motifs is 3. The summed E-state index contributed by atoms with van der Waals surface area (Å²) in [5, 5.41) is 20.7. The van der Waals surface area contributed by atoms with Crippen LogP contribution < -0.4 is 4.90 Å². The molecule has 0 spiro atoms. The topological polar surface area (TPSA) is 86.4 Å². The molecule has 2 aromatic heterocycles. The van der Waals surface area contributed by atoms with E-state index in [4.69, 9.17) is 0 Å². The molecule has 10 heteroatoms. The summed E-state index contributed by atoms with van der Waals surface area (Å²) in [5.41, 5.74) is 5.23. The number of benzene rings is 2. The fourth-order valence-electron chi connectivity index (χ4n) is 3.59. The third kappa shape index (κ3) is 3.22. The van der Waals surface area contributed by atoms with E-state index in [0.29, 0.717) is 17.1 Å². The second-order valence-corrected chi connectivity index (χ2v) is 6.79. The summed E-state index contributed by atoms with van der Waals surface area (Å²) in [6.45, 7) is -0.872. The molecule has 0 unspecified atom stereocenters. The molecule has 0 aliphatic carbocycles. The van der Waals surface area contributed by atoms with Crippen LogP contribution in [-0.4, -0.2) is 43.5 Å². The third-order valence-corrected chi connectivity index (χ3v) is 4.88. The van der Waals surface area contributed by atoms with Crippen LogP contribution in [0.2, 0.25) is 0 Å². The highest BCUT2D eigenvalue weighted by atomic mass is 19.4. The van der Waals surface area contributed by atoms with Gasteiger partial charge in [0.25, 0.3) is 0 Å². The van der Waals surface area contributed by atoms with E-state index in [1.54, 1.807) is 12.3 Å². The molecule has 2 N–H and O–H groups in total. The SMILES string of the molecule is FC(F)(F)CN1Cc2cn[nH]c2-c2ccc(-c3ccc(-c4nn[nH]n4)cc3)cc21. The lowest BCUT2D eigenvalue weighted by Gasteiger charge is -2.32. The summed E-state index contributed by atoms with van der Waals surface area (Å²) in [4.78, 5) is 1.34. The van der Waals surface area contributed by atoms with E-state index in [1.165, 1.54) is 4.90 Å². The van der Waals surface area contributed by atoms with Gasteiger partial charge in [0.15, 0.2) is 0 Å². The Morgan fingerprint density at radius 2 is 1.76 bits per heavy atom. The number of rotatable bonds is 3. The Bertz CT molecular complexity index is 1150. The first-order chi connectivity index (χ1) is 14.0. The molecule has 146 valence electrons. The van der Waals surface area contributed by atoms with Crippen molar-refractivity contribution in [3.8, 4) is 33.8 Å². The predicted molar refractivity (Wildman–Crippen MR) is 99.7 cm³/mol. The molecule has 0 bridgehead atoms. The Morgan fingerprint density at radius 1 is 1.00 bits per heavy atom. The first-order valence-electron chi connectivity index (χ1n) is 8.80. The standard InChI is InChI=1S/C19H14F3N7/c20-19(21,22)10-29-9-14-8-23-24-17(14)15-6-5-13(7-16(15)29)11-1-3-12(4-2-11)18-25-27-28-26-18/h1-8H,9-10H2,(H,23,24)(H,25,26,27,28). The smallest absolute Gasteiger partial charge is 0.357 e. The van der Waals surface area contributed by atoms with Crippen LogP contribution in [0.4, 0.5) is 18.9 Å². The van der Waals surface area contributed by atoms with Gasteiger partial charge in [-0.05, 0) is 22.4 Å². The number of anilines is 1. The average molecular weight is 397 g/mol. The molecule has 1 aliphatic rings. The number of hydrogen-bond donors (Lipinski definition) is 2. The molecule has 5 rings (SSSR count). The van der Waals surface area contributed by atoms with Crippen molar-refractivity contribution < 1.29 is 13.2 Å². The quantitative estimate of drug-likeness (QED) is 0.549. The maximum Gasteiger partial charge on any atom is 0.405 e. The Balaban J connectivity index is 1.54. The molecule has 3 heterocycles. The van der Waals surface area contributed by atoms with E-state index in [9.17, 15) is 13.2 Å². The minimum absolute atomic E-state index is 0.151. The molecule has 0 atom stereocenters. The number of tetrazole rings is 1. The molecule has 4 aromatic rings. The number of halogens is 3. The van der Waals surface area contributed by atoms with E-state index < -0.39 is 12.7 Å². The molecule has 0 saturated carbocycles. The van der Waals surface area contributed by atoms with Crippen LogP contribution in [0, 0.1) is 0 Å². The monoisotopic (exact) mass is 397 g/mol. The second kappa shape index (κ2) is 6.43. The zero-order chi connectivity index (χ0) is 20.0. The first kappa shape index (κ1) is 17.4. The molecule has 0 fully saturated rings. The van der Waals surface area contributed by atoms with Gasteiger partial charge in [0.2, 0.25) is 5.82 Å². The van der Waals surface area contributed by atoms with Gasteiger partial charge >= 0.3 is 6.18 Å². The Morgan fingerprint density at radius 3 is 2.48 bits per heavy atom. The van der Waals surface area contributed by atoms with Gasteiger partial charge in [0.05, 0.1) is 11.9 Å². The first-order valence-corrected chi connectivity index (χ1v) is 8.80. The van der Waals surface area contributed by atoms with Gasteiger partial charge in [0, 0.05) is 28.9 Å². The summed E-state index contributed by atoms with van der Waals surface area (Å²) < 4.78 is 39.5. The highest BCUT2D eigenvalue weighted by Gasteiger charge is 2.34. The van der Waals surface area contributed by atoms with Gasteiger partial charge < -0.3 is 4.90 Å². The zero-order valence-corrected chi connectivity index (χ0v) is 14.9. The van der Waals surface area contributed by atoms with Gasteiger partial charge in [-0.15, -0.1) is 10.2 Å². The molecule has 1 aliphatic heterocycles. The van der Waals surface area contributed by atoms with Gasteiger partial charge in [-0.2, -0.15) is 23.5 Å². The maximum atomic E-state index is 13.2. The minimum Gasteiger partial charge on any atom is -0.357 e.